The Morgan fingerprint density at radius 3 is 1.82 bits per heavy atom. The minimum absolute atomic E-state index is 0.895. The Morgan fingerprint density at radius 1 is 0.382 bits per heavy atom. The zero-order chi connectivity index (χ0) is 44.7. The lowest BCUT2D eigenvalue weighted by Crippen LogP contribution is -2.10. The summed E-state index contributed by atoms with van der Waals surface area (Å²) in [5.41, 5.74) is 15.6. The fraction of sp³-hybridized carbons (Fsp3) is 0. The number of anilines is 3. The Labute approximate surface area is 396 Å². The highest BCUT2D eigenvalue weighted by Crippen LogP contribution is 2.49. The number of para-hydroxylation sites is 4. The fourth-order valence-corrected chi connectivity index (χ4v) is 12.0. The van der Waals surface area contributed by atoms with Gasteiger partial charge in [0.1, 0.15) is 11.2 Å². The molecule has 0 N–H and O–H groups in total. The van der Waals surface area contributed by atoms with Crippen molar-refractivity contribution in [2.24, 2.45) is 0 Å². The molecule has 0 amide bonds. The molecule has 0 saturated carbocycles. The van der Waals surface area contributed by atoms with Crippen LogP contribution in [-0.2, 0) is 0 Å². The monoisotopic (exact) mass is 884 g/mol. The zero-order valence-electron chi connectivity index (χ0n) is 36.8. The SMILES string of the molecule is c1cc(-c2cccc3c2oc2ccccc23)cc(N(c2ccc(-c3cccc4ccccc34)cc2)c2ccc(-c3cccc(-n4c5ccccc5c5ccccc54)c3)c3sc4ccccc4c23)c1. The third-order valence-electron chi connectivity index (χ3n) is 13.8. The summed E-state index contributed by atoms with van der Waals surface area (Å²) < 4.78 is 11.5. The van der Waals surface area contributed by atoms with Crippen LogP contribution in [-0.4, -0.2) is 4.57 Å². The first-order valence-corrected chi connectivity index (χ1v) is 24.0. The smallest absolute Gasteiger partial charge is 0.143 e. The van der Waals surface area contributed by atoms with E-state index in [0.717, 1.165) is 55.8 Å². The normalized spacial score (nSPS) is 11.8. The zero-order valence-corrected chi connectivity index (χ0v) is 37.6. The first-order chi connectivity index (χ1) is 33.7. The largest absolute Gasteiger partial charge is 0.455 e. The molecule has 0 aliphatic rings. The van der Waals surface area contributed by atoms with Crippen LogP contribution in [0.1, 0.15) is 0 Å². The molecule has 0 spiro atoms. The van der Waals surface area contributed by atoms with Crippen molar-refractivity contribution in [1.29, 1.82) is 0 Å². The number of furan rings is 1. The van der Waals surface area contributed by atoms with Crippen LogP contribution < -0.4 is 4.90 Å². The molecule has 0 bridgehead atoms. The maximum atomic E-state index is 6.60. The van der Waals surface area contributed by atoms with E-state index in [2.05, 4.69) is 246 Å². The van der Waals surface area contributed by atoms with Crippen LogP contribution in [0.4, 0.5) is 17.1 Å². The van der Waals surface area contributed by atoms with E-state index in [4.69, 9.17) is 4.42 Å². The first kappa shape index (κ1) is 38.6. The highest BCUT2D eigenvalue weighted by molar-refractivity contribution is 7.26. The van der Waals surface area contributed by atoms with Crippen molar-refractivity contribution < 1.29 is 4.42 Å². The first-order valence-electron chi connectivity index (χ1n) is 23.2. The predicted molar refractivity (Wildman–Crippen MR) is 289 cm³/mol. The third-order valence-corrected chi connectivity index (χ3v) is 15.0. The molecule has 0 radical (unpaired) electrons. The third kappa shape index (κ3) is 6.05. The van der Waals surface area contributed by atoms with Crippen LogP contribution in [0.15, 0.2) is 247 Å². The summed E-state index contributed by atoms with van der Waals surface area (Å²) in [7, 11) is 0. The van der Waals surface area contributed by atoms with E-state index in [1.807, 2.05) is 17.4 Å². The topological polar surface area (TPSA) is 21.3 Å². The fourth-order valence-electron chi connectivity index (χ4n) is 10.7. The molecule has 14 aromatic rings. The summed E-state index contributed by atoms with van der Waals surface area (Å²) >= 11 is 1.87. The summed E-state index contributed by atoms with van der Waals surface area (Å²) in [6, 6.07) is 88.2. The summed E-state index contributed by atoms with van der Waals surface area (Å²) in [4.78, 5) is 2.45. The van der Waals surface area contributed by atoms with Crippen LogP contribution in [0, 0.1) is 0 Å². The van der Waals surface area contributed by atoms with Crippen molar-refractivity contribution in [2.45, 2.75) is 0 Å². The van der Waals surface area contributed by atoms with Gasteiger partial charge in [-0.2, -0.15) is 0 Å². The maximum absolute atomic E-state index is 6.60. The number of nitrogens with zero attached hydrogens (tertiary/aromatic N) is 2. The number of thiophene rings is 1. The molecule has 0 atom stereocenters. The van der Waals surface area contributed by atoms with Crippen molar-refractivity contribution >= 4 is 103 Å². The lowest BCUT2D eigenvalue weighted by Gasteiger charge is -2.28. The predicted octanol–water partition coefficient (Wildman–Crippen LogP) is 18.7. The summed E-state index contributed by atoms with van der Waals surface area (Å²) in [5, 5.41) is 9.71. The van der Waals surface area contributed by atoms with Gasteiger partial charge in [-0.15, -0.1) is 11.3 Å². The summed E-state index contributed by atoms with van der Waals surface area (Å²) in [6.45, 7) is 0. The van der Waals surface area contributed by atoms with Gasteiger partial charge >= 0.3 is 0 Å². The number of rotatable bonds is 7. The Morgan fingerprint density at radius 2 is 1.00 bits per heavy atom. The van der Waals surface area contributed by atoms with Gasteiger partial charge in [0.15, 0.2) is 0 Å². The minimum Gasteiger partial charge on any atom is -0.455 e. The molecule has 0 aliphatic heterocycles. The Balaban J connectivity index is 0.976. The lowest BCUT2D eigenvalue weighted by molar-refractivity contribution is 0.670. The molecule has 0 unspecified atom stereocenters. The molecule has 4 heteroatoms. The van der Waals surface area contributed by atoms with E-state index in [9.17, 15) is 0 Å². The second-order valence-corrected chi connectivity index (χ2v) is 18.6. The van der Waals surface area contributed by atoms with Crippen LogP contribution >= 0.6 is 11.3 Å². The Bertz CT molecular complexity index is 4230. The average molecular weight is 885 g/mol. The molecule has 3 aromatic heterocycles. The van der Waals surface area contributed by atoms with Gasteiger partial charge in [0.25, 0.3) is 0 Å². The quantitative estimate of drug-likeness (QED) is 0.159. The van der Waals surface area contributed by atoms with Crippen molar-refractivity contribution in [2.75, 3.05) is 4.90 Å². The van der Waals surface area contributed by atoms with Gasteiger partial charge in [-0.05, 0) is 105 Å². The van der Waals surface area contributed by atoms with Crippen LogP contribution in [0.3, 0.4) is 0 Å². The number of aromatic nitrogens is 1. The number of hydrogen-bond acceptors (Lipinski definition) is 3. The number of fused-ring (bicyclic) bond motifs is 10. The van der Waals surface area contributed by atoms with E-state index in [1.165, 1.54) is 75.0 Å². The van der Waals surface area contributed by atoms with E-state index in [0.29, 0.717) is 0 Å². The second-order valence-electron chi connectivity index (χ2n) is 17.6. The summed E-state index contributed by atoms with van der Waals surface area (Å²) in [5.74, 6) is 0. The van der Waals surface area contributed by atoms with Crippen LogP contribution in [0.2, 0.25) is 0 Å². The molecule has 318 valence electrons. The van der Waals surface area contributed by atoms with Gasteiger partial charge in [-0.3, -0.25) is 0 Å². The minimum atomic E-state index is 0.895. The molecule has 3 nitrogen and oxygen atoms in total. The summed E-state index contributed by atoms with van der Waals surface area (Å²) in [6.07, 6.45) is 0. The van der Waals surface area contributed by atoms with Crippen molar-refractivity contribution in [3.63, 3.8) is 0 Å². The van der Waals surface area contributed by atoms with Crippen molar-refractivity contribution in [3.8, 4) is 39.1 Å². The second kappa shape index (κ2) is 15.5. The van der Waals surface area contributed by atoms with Crippen molar-refractivity contribution in [1.82, 2.24) is 4.57 Å². The molecular weight excluding hydrogens is 845 g/mol. The Hall–Kier alpha value is -8.70. The molecule has 0 fully saturated rings. The highest BCUT2D eigenvalue weighted by atomic mass is 32.1. The van der Waals surface area contributed by atoms with Crippen LogP contribution in [0.5, 0.6) is 0 Å². The molecule has 68 heavy (non-hydrogen) atoms. The molecule has 11 aromatic carbocycles. The van der Waals surface area contributed by atoms with Crippen LogP contribution in [0.25, 0.3) is 114 Å². The number of hydrogen-bond donors (Lipinski definition) is 0. The molecule has 14 rings (SSSR count). The Kier molecular flexibility index (Phi) is 8.76. The standard InChI is InChI=1S/C64H40N2OS/c1-2-21-48-41(15-1)16-13-26-49(48)42-33-35-45(36-34-42)65(46-19-11-17-43(39-46)50-27-14-28-55-54-24-5-9-31-60(54)67-63(50)55)59-38-37-51(64-62(59)56-25-6-10-32-61(56)68-64)44-18-12-20-47(40-44)66-57-29-7-3-22-52(57)53-23-4-8-30-58(53)66/h1-40H. The average Bonchev–Trinajstić information content (AvgIpc) is 4.09. The maximum Gasteiger partial charge on any atom is 0.143 e. The van der Waals surface area contributed by atoms with Gasteiger partial charge in [-0.25, -0.2) is 0 Å². The van der Waals surface area contributed by atoms with E-state index in [-0.39, 0.29) is 0 Å². The molecule has 3 heterocycles. The van der Waals surface area contributed by atoms with E-state index in [1.54, 1.807) is 0 Å². The highest BCUT2D eigenvalue weighted by Gasteiger charge is 2.23. The number of benzene rings is 11. The van der Waals surface area contributed by atoms with Gasteiger partial charge in [0.05, 0.1) is 16.7 Å². The van der Waals surface area contributed by atoms with Gasteiger partial charge in [0.2, 0.25) is 0 Å². The van der Waals surface area contributed by atoms with Gasteiger partial charge in [-0.1, -0.05) is 176 Å². The lowest BCUT2D eigenvalue weighted by atomic mass is 9.97. The van der Waals surface area contributed by atoms with E-state index >= 15 is 0 Å². The van der Waals surface area contributed by atoms with Crippen molar-refractivity contribution in [3.05, 3.63) is 243 Å². The van der Waals surface area contributed by atoms with E-state index < -0.39 is 0 Å². The van der Waals surface area contributed by atoms with Gasteiger partial charge in [0, 0.05) is 64.3 Å². The molecule has 0 aliphatic carbocycles. The molecular formula is C64H40N2OS. The van der Waals surface area contributed by atoms with Gasteiger partial charge < -0.3 is 13.9 Å². The molecule has 0 saturated heterocycles.